The lowest BCUT2D eigenvalue weighted by atomic mass is 10.1. The van der Waals surface area contributed by atoms with Crippen LogP contribution in [0.15, 0.2) is 22.3 Å². The van der Waals surface area contributed by atoms with E-state index in [4.69, 9.17) is 0 Å². The van der Waals surface area contributed by atoms with Crippen LogP contribution in [0.1, 0.15) is 36.4 Å². The average molecular weight is 392 g/mol. The fourth-order valence-electron chi connectivity index (χ4n) is 3.39. The van der Waals surface area contributed by atoms with E-state index in [9.17, 15) is 9.59 Å². The van der Waals surface area contributed by atoms with Gasteiger partial charge in [0.2, 0.25) is 5.91 Å². The first-order valence-electron chi connectivity index (χ1n) is 9.66. The number of amides is 1. The number of hydrogen-bond donors (Lipinski definition) is 1. The molecule has 8 heteroatoms. The van der Waals surface area contributed by atoms with Crippen LogP contribution in [0.4, 0.5) is 0 Å². The number of carbonyl (C=O) groups excluding carboxylic acids is 1. The summed E-state index contributed by atoms with van der Waals surface area (Å²) in [6.45, 7) is 2.02. The molecule has 27 heavy (non-hydrogen) atoms. The van der Waals surface area contributed by atoms with E-state index in [1.807, 2.05) is 25.1 Å². The molecule has 0 radical (unpaired) electrons. The maximum atomic E-state index is 12.5. The average Bonchev–Trinajstić information content (AvgIpc) is 3.19. The molecule has 1 aliphatic heterocycles. The molecule has 7 nitrogen and oxygen atoms in total. The van der Waals surface area contributed by atoms with Crippen molar-refractivity contribution in [1.82, 2.24) is 24.6 Å². The summed E-state index contributed by atoms with van der Waals surface area (Å²) in [5.41, 5.74) is -0.0326. The van der Waals surface area contributed by atoms with Crippen molar-refractivity contribution in [3.8, 4) is 0 Å². The predicted octanol–water partition coefficient (Wildman–Crippen LogP) is 1.51. The highest BCUT2D eigenvalue weighted by atomic mass is 32.1. The monoisotopic (exact) mass is 391 g/mol. The summed E-state index contributed by atoms with van der Waals surface area (Å²) >= 11 is 1.74. The van der Waals surface area contributed by atoms with E-state index in [1.165, 1.54) is 4.88 Å². The number of rotatable bonds is 8. The van der Waals surface area contributed by atoms with Gasteiger partial charge in [0, 0.05) is 36.9 Å². The smallest absolute Gasteiger partial charge is 0.345 e. The summed E-state index contributed by atoms with van der Waals surface area (Å²) in [5, 5.41) is 9.72. The second-order valence-corrected chi connectivity index (χ2v) is 8.43. The van der Waals surface area contributed by atoms with E-state index in [1.54, 1.807) is 20.6 Å². The number of aryl methyl sites for hydroxylation is 2. The third-order valence-corrected chi connectivity index (χ3v) is 5.88. The van der Waals surface area contributed by atoms with Gasteiger partial charge in [-0.3, -0.25) is 9.36 Å². The van der Waals surface area contributed by atoms with Gasteiger partial charge < -0.3 is 10.2 Å². The topological polar surface area (TPSA) is 72.2 Å². The highest BCUT2D eigenvalue weighted by molar-refractivity contribution is 7.09. The van der Waals surface area contributed by atoms with E-state index < -0.39 is 0 Å². The number of nitrogens with zero attached hydrogens (tertiary/aromatic N) is 4. The van der Waals surface area contributed by atoms with Gasteiger partial charge in [-0.25, -0.2) is 9.48 Å². The maximum absolute atomic E-state index is 12.5. The first-order chi connectivity index (χ1) is 13.0. The van der Waals surface area contributed by atoms with Gasteiger partial charge in [-0.2, -0.15) is 5.10 Å². The summed E-state index contributed by atoms with van der Waals surface area (Å²) in [6.07, 6.45) is 4.72. The molecule has 0 aliphatic carbocycles. The molecule has 1 unspecified atom stereocenters. The fraction of sp³-hybridized carbons (Fsp3) is 0.632. The molecule has 0 spiro atoms. The predicted molar refractivity (Wildman–Crippen MR) is 107 cm³/mol. The normalized spacial score (nSPS) is 16.9. The number of likely N-dealkylation sites (N-methyl/N-ethyl adjacent to an activating group) is 1. The Kier molecular flexibility index (Phi) is 6.84. The highest BCUT2D eigenvalue weighted by Gasteiger charge is 2.21. The zero-order valence-electron chi connectivity index (χ0n) is 16.2. The molecule has 1 N–H and O–H groups in total. The maximum Gasteiger partial charge on any atom is 0.345 e. The SMILES string of the molecule is CN(C)CCn1nc2n(c1=O)CCC(NC(=O)CCCc1cccs1)CC2. The minimum Gasteiger partial charge on any atom is -0.353 e. The lowest BCUT2D eigenvalue weighted by Gasteiger charge is -2.16. The van der Waals surface area contributed by atoms with Crippen molar-refractivity contribution in [3.63, 3.8) is 0 Å². The van der Waals surface area contributed by atoms with E-state index >= 15 is 0 Å². The molecule has 0 fully saturated rings. The Morgan fingerprint density at radius 2 is 2.26 bits per heavy atom. The van der Waals surface area contributed by atoms with Crippen LogP contribution in [-0.4, -0.2) is 51.8 Å². The van der Waals surface area contributed by atoms with Crippen LogP contribution in [0.3, 0.4) is 0 Å². The molecule has 1 amide bonds. The number of fused-ring (bicyclic) bond motifs is 1. The van der Waals surface area contributed by atoms with Crippen LogP contribution >= 0.6 is 11.3 Å². The lowest BCUT2D eigenvalue weighted by Crippen LogP contribution is -2.36. The molecule has 0 bridgehead atoms. The zero-order valence-corrected chi connectivity index (χ0v) is 17.0. The highest BCUT2D eigenvalue weighted by Crippen LogP contribution is 2.14. The second-order valence-electron chi connectivity index (χ2n) is 7.40. The summed E-state index contributed by atoms with van der Waals surface area (Å²) in [6, 6.07) is 4.28. The summed E-state index contributed by atoms with van der Waals surface area (Å²) in [7, 11) is 3.97. The minimum atomic E-state index is -0.0326. The molecule has 0 saturated carbocycles. The minimum absolute atomic E-state index is 0.0326. The molecule has 0 aromatic carbocycles. The van der Waals surface area contributed by atoms with Crippen LogP contribution in [0.5, 0.6) is 0 Å². The number of hydrogen-bond acceptors (Lipinski definition) is 5. The standard InChI is InChI=1S/C19H29N5O2S/c1-22(2)12-13-24-19(26)23-11-10-15(8-9-17(23)21-24)20-18(25)7-3-5-16-6-4-14-27-16/h4,6,14-15H,3,5,7-13H2,1-2H3,(H,20,25). The van der Waals surface area contributed by atoms with E-state index in [2.05, 4.69) is 21.9 Å². The van der Waals surface area contributed by atoms with Crippen molar-refractivity contribution in [2.45, 2.75) is 57.7 Å². The summed E-state index contributed by atoms with van der Waals surface area (Å²) < 4.78 is 3.34. The molecule has 1 aliphatic rings. The van der Waals surface area contributed by atoms with Crippen LogP contribution < -0.4 is 11.0 Å². The van der Waals surface area contributed by atoms with Crippen LogP contribution in [-0.2, 0) is 30.7 Å². The van der Waals surface area contributed by atoms with Gasteiger partial charge in [-0.1, -0.05) is 6.07 Å². The molecule has 3 heterocycles. The van der Waals surface area contributed by atoms with Gasteiger partial charge in [0.05, 0.1) is 6.54 Å². The van der Waals surface area contributed by atoms with Crippen LogP contribution in [0.2, 0.25) is 0 Å². The quantitative estimate of drug-likeness (QED) is 0.740. The number of nitrogens with one attached hydrogen (secondary N) is 1. The molecule has 148 valence electrons. The summed E-state index contributed by atoms with van der Waals surface area (Å²) in [5.74, 6) is 0.952. The van der Waals surface area contributed by atoms with E-state index in [0.717, 1.165) is 44.5 Å². The molecule has 2 aromatic rings. The zero-order chi connectivity index (χ0) is 19.2. The Balaban J connectivity index is 1.47. The van der Waals surface area contributed by atoms with Crippen molar-refractivity contribution in [3.05, 3.63) is 38.7 Å². The van der Waals surface area contributed by atoms with Gasteiger partial charge in [-0.15, -0.1) is 11.3 Å². The first-order valence-corrected chi connectivity index (χ1v) is 10.5. The third-order valence-electron chi connectivity index (χ3n) is 4.95. The molecule has 0 saturated heterocycles. The second kappa shape index (κ2) is 9.32. The Bertz CT molecular complexity index is 794. The van der Waals surface area contributed by atoms with Crippen LogP contribution in [0, 0.1) is 0 Å². The molecule has 2 aromatic heterocycles. The Hall–Kier alpha value is -1.93. The van der Waals surface area contributed by atoms with Crippen molar-refractivity contribution in [2.75, 3.05) is 20.6 Å². The van der Waals surface area contributed by atoms with Crippen molar-refractivity contribution in [1.29, 1.82) is 0 Å². The van der Waals surface area contributed by atoms with Gasteiger partial charge in [0.15, 0.2) is 0 Å². The van der Waals surface area contributed by atoms with Crippen molar-refractivity contribution < 1.29 is 4.79 Å². The van der Waals surface area contributed by atoms with Gasteiger partial charge in [0.1, 0.15) is 5.82 Å². The van der Waals surface area contributed by atoms with Gasteiger partial charge in [-0.05, 0) is 51.2 Å². The number of carbonyl (C=O) groups is 1. The molecule has 1 atom stereocenters. The fourth-order valence-corrected chi connectivity index (χ4v) is 4.14. The third kappa shape index (κ3) is 5.52. The molecule has 3 rings (SSSR count). The Morgan fingerprint density at radius 1 is 1.41 bits per heavy atom. The summed E-state index contributed by atoms with van der Waals surface area (Å²) in [4.78, 5) is 28.1. The molecular formula is C19H29N5O2S. The molecular weight excluding hydrogens is 362 g/mol. The van der Waals surface area contributed by atoms with Crippen molar-refractivity contribution >= 4 is 17.2 Å². The van der Waals surface area contributed by atoms with Gasteiger partial charge in [0.25, 0.3) is 0 Å². The van der Waals surface area contributed by atoms with Crippen LogP contribution in [0.25, 0.3) is 0 Å². The number of aromatic nitrogens is 3. The van der Waals surface area contributed by atoms with E-state index in [-0.39, 0.29) is 17.6 Å². The Morgan fingerprint density at radius 3 is 3.00 bits per heavy atom. The van der Waals surface area contributed by atoms with E-state index in [0.29, 0.717) is 19.5 Å². The lowest BCUT2D eigenvalue weighted by molar-refractivity contribution is -0.122. The van der Waals surface area contributed by atoms with Crippen molar-refractivity contribution in [2.24, 2.45) is 0 Å². The largest absolute Gasteiger partial charge is 0.353 e. The van der Waals surface area contributed by atoms with Gasteiger partial charge >= 0.3 is 5.69 Å². The Labute approximate surface area is 164 Å². The first kappa shape index (κ1) is 19.8. The number of thiophene rings is 1.